The molecule has 2 aromatic carbocycles. The number of nitrogens with two attached hydrogens (primary N) is 1. The van der Waals surface area contributed by atoms with Gasteiger partial charge in [0.25, 0.3) is 5.91 Å². The van der Waals surface area contributed by atoms with E-state index in [1.54, 1.807) is 13.2 Å². The average Bonchev–Trinajstić information content (AvgIpc) is 2.93. The third kappa shape index (κ3) is 7.80. The number of aliphatic imine (C=N–C) groups is 1. The SMILES string of the molecule is C=N/C(C(N)=O)=C(/NC)SCNc1ccnc2ccccc12.CN1CCN(c2ccc(C=O)cc2)CC1. The quantitative estimate of drug-likeness (QED) is 0.171. The lowest BCUT2D eigenvalue weighted by atomic mass is 10.2. The summed E-state index contributed by atoms with van der Waals surface area (Å²) in [7, 11) is 3.85. The number of piperazine rings is 1. The minimum atomic E-state index is -0.610. The molecule has 1 aromatic heterocycles. The van der Waals surface area contributed by atoms with Crippen molar-refractivity contribution in [2.75, 3.05) is 56.4 Å². The third-order valence-electron chi connectivity index (χ3n) is 5.86. The smallest absolute Gasteiger partial charge is 0.269 e. The number of anilines is 2. The zero-order valence-corrected chi connectivity index (χ0v) is 22.0. The van der Waals surface area contributed by atoms with Crippen LogP contribution in [0.2, 0.25) is 0 Å². The van der Waals surface area contributed by atoms with Gasteiger partial charge in [0, 0.05) is 61.7 Å². The molecule has 194 valence electrons. The summed E-state index contributed by atoms with van der Waals surface area (Å²) >= 11 is 1.39. The van der Waals surface area contributed by atoms with E-state index in [-0.39, 0.29) is 5.70 Å². The van der Waals surface area contributed by atoms with Crippen molar-refractivity contribution in [3.8, 4) is 0 Å². The van der Waals surface area contributed by atoms with Gasteiger partial charge in [0.15, 0.2) is 5.70 Å². The van der Waals surface area contributed by atoms with Crippen LogP contribution in [-0.2, 0) is 4.79 Å². The molecule has 9 nitrogen and oxygen atoms in total. The molecular formula is C27H33N7O2S. The normalized spacial score (nSPS) is 14.2. The van der Waals surface area contributed by atoms with E-state index in [2.05, 4.69) is 44.2 Å². The van der Waals surface area contributed by atoms with E-state index < -0.39 is 5.91 Å². The highest BCUT2D eigenvalue weighted by Crippen LogP contribution is 2.23. The first-order valence-corrected chi connectivity index (χ1v) is 12.8. The Hall–Kier alpha value is -3.89. The highest BCUT2D eigenvalue weighted by atomic mass is 32.2. The van der Waals surface area contributed by atoms with Crippen molar-refractivity contribution in [1.82, 2.24) is 15.2 Å². The number of pyridine rings is 1. The number of benzene rings is 2. The predicted octanol–water partition coefficient (Wildman–Crippen LogP) is 3.16. The van der Waals surface area contributed by atoms with Crippen molar-refractivity contribution in [3.05, 3.63) is 77.1 Å². The maximum atomic E-state index is 11.3. The second kappa shape index (κ2) is 14.0. The van der Waals surface area contributed by atoms with Crippen LogP contribution in [0.1, 0.15) is 10.4 Å². The third-order valence-corrected chi connectivity index (χ3v) is 6.83. The van der Waals surface area contributed by atoms with E-state index in [9.17, 15) is 9.59 Å². The van der Waals surface area contributed by atoms with Crippen LogP contribution in [0.25, 0.3) is 10.9 Å². The Balaban J connectivity index is 0.000000220. The van der Waals surface area contributed by atoms with Crippen LogP contribution in [0.3, 0.4) is 0 Å². The molecule has 1 aliphatic heterocycles. The number of nitrogens with zero attached hydrogens (tertiary/aromatic N) is 4. The fraction of sp³-hybridized carbons (Fsp3) is 0.259. The van der Waals surface area contributed by atoms with Gasteiger partial charge in [-0.1, -0.05) is 30.0 Å². The molecule has 1 saturated heterocycles. The van der Waals surface area contributed by atoms with Crippen molar-refractivity contribution in [1.29, 1.82) is 0 Å². The zero-order valence-electron chi connectivity index (χ0n) is 21.2. The van der Waals surface area contributed by atoms with Crippen LogP contribution in [0.15, 0.2) is 76.5 Å². The molecule has 3 aromatic rings. The first-order valence-electron chi connectivity index (χ1n) is 11.8. The standard InChI is InChI=1S/C15H17N5OS.C12H16N2O/c1-17-13(14(16)21)15(18-2)22-9-20-12-7-8-19-11-6-4-3-5-10(11)12;1-13-6-8-14(9-7-13)12-4-2-11(10-15)3-5-12/h3-8,18H,1,9H2,2H3,(H2,16,21)(H,19,20);2-5,10H,6-9H2,1H3/b15-13-;. The van der Waals surface area contributed by atoms with E-state index in [0.717, 1.165) is 54.6 Å². The van der Waals surface area contributed by atoms with Gasteiger partial charge in [-0.3, -0.25) is 19.6 Å². The van der Waals surface area contributed by atoms with Gasteiger partial charge in [0.1, 0.15) is 11.3 Å². The molecule has 0 aliphatic carbocycles. The molecule has 1 aliphatic rings. The van der Waals surface area contributed by atoms with Crippen molar-refractivity contribution in [2.24, 2.45) is 10.7 Å². The lowest BCUT2D eigenvalue weighted by Crippen LogP contribution is -2.44. The molecule has 1 fully saturated rings. The summed E-state index contributed by atoms with van der Waals surface area (Å²) in [4.78, 5) is 34.5. The molecule has 2 heterocycles. The van der Waals surface area contributed by atoms with Gasteiger partial charge in [-0.15, -0.1) is 0 Å². The Kier molecular flexibility index (Phi) is 10.5. The number of hydrogen-bond donors (Lipinski definition) is 3. The molecule has 0 unspecified atom stereocenters. The first-order chi connectivity index (χ1) is 18.0. The lowest BCUT2D eigenvalue weighted by molar-refractivity contribution is -0.114. The molecule has 0 radical (unpaired) electrons. The number of primary amides is 1. The number of fused-ring (bicyclic) bond motifs is 1. The summed E-state index contributed by atoms with van der Waals surface area (Å²) in [5.41, 5.74) is 9.26. The van der Waals surface area contributed by atoms with Crippen molar-refractivity contribution in [2.45, 2.75) is 0 Å². The van der Waals surface area contributed by atoms with E-state index in [4.69, 9.17) is 5.73 Å². The summed E-state index contributed by atoms with van der Waals surface area (Å²) < 4.78 is 0. The zero-order chi connectivity index (χ0) is 26.6. The van der Waals surface area contributed by atoms with Gasteiger partial charge in [0.2, 0.25) is 0 Å². The number of nitrogens with one attached hydrogen (secondary N) is 2. The van der Waals surface area contributed by atoms with Gasteiger partial charge in [-0.2, -0.15) is 0 Å². The molecule has 4 rings (SSSR count). The van der Waals surface area contributed by atoms with Crippen molar-refractivity contribution >= 4 is 53.0 Å². The van der Waals surface area contributed by atoms with E-state index in [0.29, 0.717) is 10.9 Å². The summed E-state index contributed by atoms with van der Waals surface area (Å²) in [5.74, 6) is -0.0718. The maximum absolute atomic E-state index is 11.3. The largest absolute Gasteiger partial charge is 0.381 e. The number of thioether (sulfide) groups is 1. The molecule has 0 spiro atoms. The number of para-hydroxylation sites is 1. The monoisotopic (exact) mass is 519 g/mol. The number of rotatable bonds is 9. The predicted molar refractivity (Wildman–Crippen MR) is 154 cm³/mol. The Morgan fingerprint density at radius 3 is 2.46 bits per heavy atom. The van der Waals surface area contributed by atoms with Gasteiger partial charge in [-0.05, 0) is 50.2 Å². The molecule has 0 saturated carbocycles. The van der Waals surface area contributed by atoms with E-state index in [1.807, 2.05) is 54.6 Å². The van der Waals surface area contributed by atoms with Gasteiger partial charge >= 0.3 is 0 Å². The van der Waals surface area contributed by atoms with Crippen LogP contribution in [-0.4, -0.2) is 74.9 Å². The number of hydrogen-bond acceptors (Lipinski definition) is 9. The molecular weight excluding hydrogens is 486 g/mol. The fourth-order valence-electron chi connectivity index (χ4n) is 3.78. The van der Waals surface area contributed by atoms with Gasteiger partial charge < -0.3 is 26.2 Å². The summed E-state index contributed by atoms with van der Waals surface area (Å²) in [5, 5.41) is 7.84. The highest BCUT2D eigenvalue weighted by Gasteiger charge is 2.14. The second-order valence-electron chi connectivity index (χ2n) is 8.29. The number of aromatic nitrogens is 1. The van der Waals surface area contributed by atoms with Crippen LogP contribution in [0, 0.1) is 0 Å². The molecule has 10 heteroatoms. The topological polar surface area (TPSA) is 116 Å². The van der Waals surface area contributed by atoms with Gasteiger partial charge in [-0.25, -0.2) is 0 Å². The molecule has 0 bridgehead atoms. The fourth-order valence-corrected chi connectivity index (χ4v) is 4.60. The first kappa shape index (κ1) is 27.7. The molecule has 4 N–H and O–H groups in total. The van der Waals surface area contributed by atoms with Crippen LogP contribution >= 0.6 is 11.8 Å². The molecule has 1 amide bonds. The minimum Gasteiger partial charge on any atom is -0.381 e. The summed E-state index contributed by atoms with van der Waals surface area (Å²) in [6.45, 7) is 7.71. The summed E-state index contributed by atoms with van der Waals surface area (Å²) in [6, 6.07) is 17.6. The maximum Gasteiger partial charge on any atom is 0.269 e. The average molecular weight is 520 g/mol. The second-order valence-corrected chi connectivity index (χ2v) is 9.28. The molecule has 0 atom stereocenters. The van der Waals surface area contributed by atoms with Crippen molar-refractivity contribution < 1.29 is 9.59 Å². The van der Waals surface area contributed by atoms with E-state index >= 15 is 0 Å². The van der Waals surface area contributed by atoms with Crippen molar-refractivity contribution in [3.63, 3.8) is 0 Å². The number of carbonyl (C=O) groups is 2. The molecule has 37 heavy (non-hydrogen) atoms. The Labute approximate surface area is 221 Å². The lowest BCUT2D eigenvalue weighted by Gasteiger charge is -2.34. The summed E-state index contributed by atoms with van der Waals surface area (Å²) in [6.07, 6.45) is 2.64. The Morgan fingerprint density at radius 2 is 1.84 bits per heavy atom. The number of carbonyl (C=O) groups excluding carboxylic acids is 2. The van der Waals surface area contributed by atoms with Gasteiger partial charge in [0.05, 0.1) is 11.4 Å². The number of aldehydes is 1. The number of likely N-dealkylation sites (N-methyl/N-ethyl adjacent to an activating group) is 1. The van der Waals surface area contributed by atoms with Crippen LogP contribution < -0.4 is 21.3 Å². The minimum absolute atomic E-state index is 0.133. The number of amides is 1. The van der Waals surface area contributed by atoms with E-state index in [1.165, 1.54) is 17.4 Å². The van der Waals surface area contributed by atoms with Crippen LogP contribution in [0.5, 0.6) is 0 Å². The Morgan fingerprint density at radius 1 is 1.14 bits per heavy atom. The van der Waals surface area contributed by atoms with Crippen LogP contribution in [0.4, 0.5) is 11.4 Å². The highest BCUT2D eigenvalue weighted by molar-refractivity contribution is 8.03. The Bertz CT molecular complexity index is 1230.